The van der Waals surface area contributed by atoms with Crippen LogP contribution in [0.3, 0.4) is 0 Å². The van der Waals surface area contributed by atoms with Gasteiger partial charge in [0.2, 0.25) is 0 Å². The van der Waals surface area contributed by atoms with Gasteiger partial charge in [0.1, 0.15) is 5.15 Å². The van der Waals surface area contributed by atoms with Crippen molar-refractivity contribution >= 4 is 11.6 Å². The van der Waals surface area contributed by atoms with Crippen molar-refractivity contribution < 1.29 is 5.11 Å². The van der Waals surface area contributed by atoms with E-state index in [1.807, 2.05) is 14.0 Å². The third-order valence-corrected chi connectivity index (χ3v) is 6.93. The van der Waals surface area contributed by atoms with E-state index in [9.17, 15) is 5.11 Å². The van der Waals surface area contributed by atoms with Gasteiger partial charge in [-0.15, -0.1) is 0 Å². The summed E-state index contributed by atoms with van der Waals surface area (Å²) in [5, 5.41) is 16.1. The first-order valence-corrected chi connectivity index (χ1v) is 8.70. The SMILES string of the molecule is Cc1nn(C)c(Cl)c1CC(O)C12CC3CC(CC(C3)C1)C2. The van der Waals surface area contributed by atoms with Crippen LogP contribution in [0.15, 0.2) is 0 Å². The zero-order chi connectivity index (χ0) is 14.8. The Balaban J connectivity index is 1.58. The van der Waals surface area contributed by atoms with Gasteiger partial charge >= 0.3 is 0 Å². The number of aliphatic hydroxyl groups excluding tert-OH is 1. The predicted octanol–water partition coefficient (Wildman–Crippen LogP) is 3.50. The fourth-order valence-corrected chi connectivity index (χ4v) is 6.15. The van der Waals surface area contributed by atoms with Crippen molar-refractivity contribution in [1.82, 2.24) is 9.78 Å². The van der Waals surface area contributed by atoms with E-state index in [4.69, 9.17) is 11.6 Å². The van der Waals surface area contributed by atoms with Crippen LogP contribution in [0.1, 0.15) is 49.8 Å². The fourth-order valence-electron chi connectivity index (χ4n) is 5.90. The lowest BCUT2D eigenvalue weighted by atomic mass is 9.48. The molecule has 1 heterocycles. The van der Waals surface area contributed by atoms with Crippen LogP contribution in [0, 0.1) is 30.1 Å². The molecule has 1 N–H and O–H groups in total. The molecule has 0 aromatic carbocycles. The highest BCUT2D eigenvalue weighted by Gasteiger charge is 2.53. The second-order valence-corrected chi connectivity index (χ2v) is 8.34. The molecule has 1 aromatic rings. The number of hydrogen-bond acceptors (Lipinski definition) is 2. The lowest BCUT2D eigenvalue weighted by Crippen LogP contribution is -2.52. The lowest BCUT2D eigenvalue weighted by molar-refractivity contribution is -0.119. The van der Waals surface area contributed by atoms with E-state index >= 15 is 0 Å². The van der Waals surface area contributed by atoms with E-state index in [0.717, 1.165) is 29.0 Å². The second-order valence-electron chi connectivity index (χ2n) is 7.98. The molecule has 1 atom stereocenters. The van der Waals surface area contributed by atoms with Crippen LogP contribution in [-0.2, 0) is 13.5 Å². The van der Waals surface area contributed by atoms with Gasteiger partial charge in [-0.3, -0.25) is 4.68 Å². The molecule has 4 aliphatic rings. The third-order valence-electron chi connectivity index (χ3n) is 6.46. The number of aromatic nitrogens is 2. The summed E-state index contributed by atoms with van der Waals surface area (Å²) in [6, 6.07) is 0. The molecule has 0 saturated heterocycles. The highest BCUT2D eigenvalue weighted by molar-refractivity contribution is 6.30. The maximum Gasteiger partial charge on any atom is 0.130 e. The van der Waals surface area contributed by atoms with Crippen LogP contribution >= 0.6 is 11.6 Å². The molecule has 3 nitrogen and oxygen atoms in total. The highest BCUT2D eigenvalue weighted by Crippen LogP contribution is 2.61. The number of hydrogen-bond donors (Lipinski definition) is 1. The predicted molar refractivity (Wildman–Crippen MR) is 83.3 cm³/mol. The van der Waals surface area contributed by atoms with Crippen LogP contribution in [-0.4, -0.2) is 21.0 Å². The van der Waals surface area contributed by atoms with E-state index in [1.165, 1.54) is 38.5 Å². The molecule has 1 aromatic heterocycles. The topological polar surface area (TPSA) is 38.0 Å². The summed E-state index contributed by atoms with van der Waals surface area (Å²) in [5.41, 5.74) is 2.18. The molecule has 0 spiro atoms. The largest absolute Gasteiger partial charge is 0.392 e. The number of rotatable bonds is 3. The second kappa shape index (κ2) is 4.73. The number of halogens is 1. The molecular formula is C17H25ClN2O. The Labute approximate surface area is 131 Å². The molecule has 1 unspecified atom stereocenters. The molecule has 4 aliphatic carbocycles. The van der Waals surface area contributed by atoms with Crippen molar-refractivity contribution in [3.8, 4) is 0 Å². The first-order chi connectivity index (χ1) is 9.97. The Morgan fingerprint density at radius 3 is 2.19 bits per heavy atom. The monoisotopic (exact) mass is 308 g/mol. The van der Waals surface area contributed by atoms with Gasteiger partial charge in [0, 0.05) is 19.0 Å². The molecule has 4 heteroatoms. The van der Waals surface area contributed by atoms with Crippen molar-refractivity contribution in [2.24, 2.45) is 30.2 Å². The van der Waals surface area contributed by atoms with Crippen molar-refractivity contribution in [1.29, 1.82) is 0 Å². The smallest absolute Gasteiger partial charge is 0.130 e. The van der Waals surface area contributed by atoms with Crippen LogP contribution < -0.4 is 0 Å². The third kappa shape index (κ3) is 2.16. The average molecular weight is 309 g/mol. The minimum Gasteiger partial charge on any atom is -0.392 e. The van der Waals surface area contributed by atoms with Crippen LogP contribution in [0.4, 0.5) is 0 Å². The Bertz CT molecular complexity index is 530. The van der Waals surface area contributed by atoms with E-state index in [1.54, 1.807) is 4.68 Å². The van der Waals surface area contributed by atoms with Gasteiger partial charge in [0.15, 0.2) is 0 Å². The Kier molecular flexibility index (Phi) is 3.17. The van der Waals surface area contributed by atoms with Crippen LogP contribution in [0.2, 0.25) is 5.15 Å². The molecule has 5 rings (SSSR count). The average Bonchev–Trinajstić information content (AvgIpc) is 2.64. The van der Waals surface area contributed by atoms with E-state index in [2.05, 4.69) is 5.10 Å². The maximum absolute atomic E-state index is 11.0. The fraction of sp³-hybridized carbons (Fsp3) is 0.824. The first kappa shape index (κ1) is 14.1. The van der Waals surface area contributed by atoms with E-state index in [-0.39, 0.29) is 11.5 Å². The van der Waals surface area contributed by atoms with Gasteiger partial charge in [-0.1, -0.05) is 11.6 Å². The summed E-state index contributed by atoms with van der Waals surface area (Å²) in [6.45, 7) is 1.99. The normalized spacial score (nSPS) is 39.0. The summed E-state index contributed by atoms with van der Waals surface area (Å²) < 4.78 is 1.72. The van der Waals surface area contributed by atoms with E-state index in [0.29, 0.717) is 11.6 Å². The van der Waals surface area contributed by atoms with Gasteiger partial charge in [-0.05, 0) is 68.6 Å². The van der Waals surface area contributed by atoms with Crippen molar-refractivity contribution in [2.45, 2.75) is 58.0 Å². The summed E-state index contributed by atoms with van der Waals surface area (Å²) in [7, 11) is 1.87. The van der Waals surface area contributed by atoms with Gasteiger partial charge < -0.3 is 5.11 Å². The Morgan fingerprint density at radius 1 is 1.24 bits per heavy atom. The molecule has 4 bridgehead atoms. The van der Waals surface area contributed by atoms with E-state index < -0.39 is 0 Å². The highest BCUT2D eigenvalue weighted by atomic mass is 35.5. The van der Waals surface area contributed by atoms with Crippen molar-refractivity contribution in [3.05, 3.63) is 16.4 Å². The first-order valence-electron chi connectivity index (χ1n) is 8.33. The molecule has 0 amide bonds. The number of aryl methyl sites for hydroxylation is 2. The lowest BCUT2D eigenvalue weighted by Gasteiger charge is -2.58. The van der Waals surface area contributed by atoms with Crippen molar-refractivity contribution in [3.63, 3.8) is 0 Å². The van der Waals surface area contributed by atoms with Crippen LogP contribution in [0.5, 0.6) is 0 Å². The molecule has 116 valence electrons. The van der Waals surface area contributed by atoms with Crippen molar-refractivity contribution in [2.75, 3.05) is 0 Å². The minimum absolute atomic E-state index is 0.167. The summed E-state index contributed by atoms with van der Waals surface area (Å²) in [4.78, 5) is 0. The maximum atomic E-state index is 11.0. The molecule has 0 radical (unpaired) electrons. The van der Waals surface area contributed by atoms with Crippen LogP contribution in [0.25, 0.3) is 0 Å². The van der Waals surface area contributed by atoms with Gasteiger partial charge in [-0.25, -0.2) is 0 Å². The standard InChI is InChI=1S/C17H25ClN2O/c1-10-14(16(18)20(2)19-10)6-15(21)17-7-11-3-12(8-17)5-13(4-11)9-17/h11-13,15,21H,3-9H2,1-2H3. The zero-order valence-electron chi connectivity index (χ0n) is 13.0. The van der Waals surface area contributed by atoms with Gasteiger partial charge in [0.05, 0.1) is 11.8 Å². The summed E-state index contributed by atoms with van der Waals surface area (Å²) >= 11 is 6.36. The summed E-state index contributed by atoms with van der Waals surface area (Å²) in [5.74, 6) is 2.61. The molecule has 0 aliphatic heterocycles. The molecular weight excluding hydrogens is 284 g/mol. The van der Waals surface area contributed by atoms with Gasteiger partial charge in [-0.2, -0.15) is 5.10 Å². The molecule has 4 saturated carbocycles. The molecule has 4 fully saturated rings. The quantitative estimate of drug-likeness (QED) is 0.928. The Hall–Kier alpha value is -0.540. The number of nitrogens with zero attached hydrogens (tertiary/aromatic N) is 2. The summed E-state index contributed by atoms with van der Waals surface area (Å²) in [6.07, 6.45) is 8.36. The minimum atomic E-state index is -0.258. The zero-order valence-corrected chi connectivity index (χ0v) is 13.7. The Morgan fingerprint density at radius 2 is 1.76 bits per heavy atom. The molecule has 21 heavy (non-hydrogen) atoms. The number of aliphatic hydroxyl groups is 1. The van der Waals surface area contributed by atoms with Gasteiger partial charge in [0.25, 0.3) is 0 Å².